The largest absolute Gasteiger partial charge is 0.494 e. The normalized spacial score (nSPS) is 14.1. The number of aryl methyl sites for hydroxylation is 1. The van der Waals surface area contributed by atoms with Gasteiger partial charge in [0.05, 0.1) is 23.9 Å². The number of imidazole rings is 1. The minimum absolute atomic E-state index is 0.161. The summed E-state index contributed by atoms with van der Waals surface area (Å²) in [4.78, 5) is 20.8. The molecular weight excluding hydrogens is 356 g/mol. The molecule has 1 saturated carbocycles. The number of carboxylic acid groups (broad SMARTS) is 1. The molecule has 1 aliphatic carbocycles. The quantitative estimate of drug-likeness (QED) is 0.574. The molecule has 0 radical (unpaired) electrons. The van der Waals surface area contributed by atoms with Gasteiger partial charge < -0.3 is 19.0 Å². The van der Waals surface area contributed by atoms with E-state index < -0.39 is 5.97 Å². The van der Waals surface area contributed by atoms with E-state index >= 15 is 0 Å². The molecule has 0 atom stereocenters. The highest BCUT2D eigenvalue weighted by molar-refractivity contribution is 5.96. The van der Waals surface area contributed by atoms with Crippen LogP contribution in [0, 0.1) is 5.92 Å². The molecule has 1 aromatic carbocycles. The Morgan fingerprint density at radius 2 is 2.14 bits per heavy atom. The summed E-state index contributed by atoms with van der Waals surface area (Å²) in [6, 6.07) is 9.23. The van der Waals surface area contributed by atoms with E-state index in [4.69, 9.17) is 9.72 Å². The highest BCUT2D eigenvalue weighted by Crippen LogP contribution is 2.37. The number of aromatic nitrogens is 4. The average Bonchev–Trinajstić information content (AvgIpc) is 3.36. The summed E-state index contributed by atoms with van der Waals surface area (Å²) in [5.74, 6) is 0.951. The maximum Gasteiger partial charge on any atom is 0.335 e. The van der Waals surface area contributed by atoms with Crippen molar-refractivity contribution in [1.82, 2.24) is 19.1 Å². The van der Waals surface area contributed by atoms with E-state index in [2.05, 4.69) is 21.7 Å². The van der Waals surface area contributed by atoms with Gasteiger partial charge in [-0.1, -0.05) is 0 Å². The molecule has 4 aromatic rings. The molecule has 0 unspecified atom stereocenters. The fourth-order valence-corrected chi connectivity index (χ4v) is 3.83. The zero-order valence-electron chi connectivity index (χ0n) is 15.7. The molecule has 0 saturated heterocycles. The Labute approximate surface area is 161 Å². The zero-order valence-corrected chi connectivity index (χ0v) is 15.7. The van der Waals surface area contributed by atoms with Gasteiger partial charge in [-0.05, 0) is 49.1 Å². The van der Waals surface area contributed by atoms with Gasteiger partial charge >= 0.3 is 5.97 Å². The van der Waals surface area contributed by atoms with Crippen LogP contribution in [0.15, 0.2) is 36.5 Å². The summed E-state index contributed by atoms with van der Waals surface area (Å²) in [6.45, 7) is 0.913. The minimum atomic E-state index is -1.00. The first kappa shape index (κ1) is 16.8. The van der Waals surface area contributed by atoms with Crippen molar-refractivity contribution in [3.8, 4) is 17.3 Å². The van der Waals surface area contributed by atoms with Crippen LogP contribution in [0.2, 0.25) is 0 Å². The molecule has 7 nitrogen and oxygen atoms in total. The number of rotatable bonds is 5. The number of ether oxygens (including phenoxy) is 1. The van der Waals surface area contributed by atoms with Crippen molar-refractivity contribution in [2.45, 2.75) is 19.4 Å². The van der Waals surface area contributed by atoms with Crippen molar-refractivity contribution in [3.05, 3.63) is 42.1 Å². The summed E-state index contributed by atoms with van der Waals surface area (Å²) in [6.07, 6.45) is 4.29. The van der Waals surface area contributed by atoms with E-state index in [0.29, 0.717) is 17.2 Å². The lowest BCUT2D eigenvalue weighted by Crippen LogP contribution is -2.05. The molecule has 0 amide bonds. The first-order valence-electron chi connectivity index (χ1n) is 9.29. The average molecular weight is 376 g/mol. The van der Waals surface area contributed by atoms with Gasteiger partial charge in [0.15, 0.2) is 5.82 Å². The minimum Gasteiger partial charge on any atom is -0.494 e. The zero-order chi connectivity index (χ0) is 19.4. The van der Waals surface area contributed by atoms with Gasteiger partial charge in [-0.3, -0.25) is 0 Å². The van der Waals surface area contributed by atoms with Gasteiger partial charge in [-0.2, -0.15) is 0 Å². The second kappa shape index (κ2) is 6.09. The molecule has 1 N–H and O–H groups in total. The number of carbonyl (C=O) groups is 1. The number of benzene rings is 1. The second-order valence-electron chi connectivity index (χ2n) is 7.35. The van der Waals surface area contributed by atoms with Gasteiger partial charge in [0.1, 0.15) is 16.9 Å². The Bertz CT molecular complexity index is 1230. The second-order valence-corrected chi connectivity index (χ2v) is 7.35. The van der Waals surface area contributed by atoms with Crippen LogP contribution in [-0.2, 0) is 13.6 Å². The number of fused-ring (bicyclic) bond motifs is 2. The van der Waals surface area contributed by atoms with Gasteiger partial charge in [-0.25, -0.2) is 14.8 Å². The topological polar surface area (TPSA) is 82.2 Å². The molecule has 0 spiro atoms. The summed E-state index contributed by atoms with van der Waals surface area (Å²) in [5, 5.41) is 10.5. The fourth-order valence-electron chi connectivity index (χ4n) is 3.83. The Kier molecular flexibility index (Phi) is 3.65. The third-order valence-electron chi connectivity index (χ3n) is 5.42. The van der Waals surface area contributed by atoms with Crippen molar-refractivity contribution in [2.24, 2.45) is 13.0 Å². The number of aromatic carboxylic acids is 1. The Balaban J connectivity index is 1.77. The fraction of sp³-hybridized carbons (Fsp3) is 0.286. The lowest BCUT2D eigenvalue weighted by atomic mass is 10.2. The van der Waals surface area contributed by atoms with Gasteiger partial charge in [0, 0.05) is 25.2 Å². The predicted molar refractivity (Wildman–Crippen MR) is 106 cm³/mol. The van der Waals surface area contributed by atoms with Crippen LogP contribution in [0.4, 0.5) is 0 Å². The van der Waals surface area contributed by atoms with Crippen LogP contribution in [0.5, 0.6) is 5.75 Å². The number of nitrogens with zero attached hydrogens (tertiary/aromatic N) is 4. The summed E-state index contributed by atoms with van der Waals surface area (Å²) < 4.78 is 9.67. The van der Waals surface area contributed by atoms with Crippen LogP contribution in [0.1, 0.15) is 23.2 Å². The molecule has 0 aliphatic heterocycles. The van der Waals surface area contributed by atoms with Crippen LogP contribution in [0.25, 0.3) is 33.6 Å². The summed E-state index contributed by atoms with van der Waals surface area (Å²) in [7, 11) is 3.47. The molecule has 5 rings (SSSR count). The Hall–Kier alpha value is -3.35. The van der Waals surface area contributed by atoms with Gasteiger partial charge in [-0.15, -0.1) is 0 Å². The molecule has 3 heterocycles. The third-order valence-corrected chi connectivity index (χ3v) is 5.42. The van der Waals surface area contributed by atoms with E-state index in [1.165, 1.54) is 18.9 Å². The highest BCUT2D eigenvalue weighted by Gasteiger charge is 2.26. The standard InChI is InChI=1S/C21H20N4O3/c1-24-18-15(8-14(21(26)27)10-17(18)28-2)23-20(24)16-9-13-4-3-7-22-19(13)25(16)11-12-5-6-12/h3-4,7-10,12H,5-6,11H2,1-2H3,(H,26,27). The number of pyridine rings is 1. The van der Waals surface area contributed by atoms with Crippen molar-refractivity contribution < 1.29 is 14.6 Å². The summed E-state index contributed by atoms with van der Waals surface area (Å²) >= 11 is 0. The van der Waals surface area contributed by atoms with E-state index in [1.807, 2.05) is 23.9 Å². The molecule has 142 valence electrons. The first-order chi connectivity index (χ1) is 13.6. The summed E-state index contributed by atoms with van der Waals surface area (Å²) in [5.41, 5.74) is 3.48. The van der Waals surface area contributed by atoms with Crippen molar-refractivity contribution in [1.29, 1.82) is 0 Å². The monoisotopic (exact) mass is 376 g/mol. The first-order valence-corrected chi connectivity index (χ1v) is 9.29. The number of carboxylic acids is 1. The predicted octanol–water partition coefficient (Wildman–Crippen LogP) is 3.71. The van der Waals surface area contributed by atoms with Crippen LogP contribution >= 0.6 is 0 Å². The van der Waals surface area contributed by atoms with E-state index in [9.17, 15) is 9.90 Å². The molecule has 1 fully saturated rings. The molecule has 7 heteroatoms. The SMILES string of the molecule is COc1cc(C(=O)O)cc2nc(-c3cc4cccnc4n3CC3CC3)n(C)c12. The Morgan fingerprint density at radius 3 is 2.86 bits per heavy atom. The molecule has 3 aromatic heterocycles. The number of methoxy groups -OCH3 is 1. The Morgan fingerprint density at radius 1 is 1.32 bits per heavy atom. The van der Waals surface area contributed by atoms with Crippen LogP contribution < -0.4 is 4.74 Å². The van der Waals surface area contributed by atoms with E-state index in [0.717, 1.165) is 34.6 Å². The van der Waals surface area contributed by atoms with Crippen molar-refractivity contribution in [2.75, 3.05) is 7.11 Å². The molecule has 28 heavy (non-hydrogen) atoms. The van der Waals surface area contributed by atoms with Gasteiger partial charge in [0.25, 0.3) is 0 Å². The maximum absolute atomic E-state index is 11.5. The smallest absolute Gasteiger partial charge is 0.335 e. The van der Waals surface area contributed by atoms with Crippen LogP contribution in [0.3, 0.4) is 0 Å². The highest BCUT2D eigenvalue weighted by atomic mass is 16.5. The van der Waals surface area contributed by atoms with Gasteiger partial charge in [0.2, 0.25) is 0 Å². The molecule has 1 aliphatic rings. The number of hydrogen-bond acceptors (Lipinski definition) is 4. The third kappa shape index (κ3) is 2.54. The molecule has 0 bridgehead atoms. The number of hydrogen-bond donors (Lipinski definition) is 1. The van der Waals surface area contributed by atoms with Crippen molar-refractivity contribution in [3.63, 3.8) is 0 Å². The van der Waals surface area contributed by atoms with Crippen molar-refractivity contribution >= 4 is 28.0 Å². The van der Waals surface area contributed by atoms with E-state index in [1.54, 1.807) is 13.2 Å². The van der Waals surface area contributed by atoms with Crippen LogP contribution in [-0.4, -0.2) is 37.3 Å². The molecular formula is C21H20N4O3. The maximum atomic E-state index is 11.5. The van der Waals surface area contributed by atoms with E-state index in [-0.39, 0.29) is 5.56 Å². The lowest BCUT2D eigenvalue weighted by molar-refractivity contribution is 0.0696. The lowest BCUT2D eigenvalue weighted by Gasteiger charge is -2.10.